The largest absolute Gasteiger partial charge is 0.280 e. The average Bonchev–Trinajstić information content (AvgIpc) is 2.41. The van der Waals surface area contributed by atoms with Crippen molar-refractivity contribution in [2.24, 2.45) is 0 Å². The summed E-state index contributed by atoms with van der Waals surface area (Å²) in [4.78, 5) is 0.0791. The van der Waals surface area contributed by atoms with Gasteiger partial charge in [-0.05, 0) is 42.8 Å². The fourth-order valence-corrected chi connectivity index (χ4v) is 2.93. The van der Waals surface area contributed by atoms with E-state index in [1.54, 1.807) is 31.2 Å². The second-order valence-corrected chi connectivity index (χ2v) is 6.30. The van der Waals surface area contributed by atoms with E-state index in [2.05, 4.69) is 4.72 Å². The Morgan fingerprint density at radius 1 is 1.20 bits per heavy atom. The minimum atomic E-state index is -3.72. The molecule has 0 saturated carbocycles. The molecule has 1 N–H and O–H groups in total. The molecule has 2 rings (SSSR count). The number of hydrogen-bond donors (Lipinski definition) is 1. The van der Waals surface area contributed by atoms with Gasteiger partial charge in [0, 0.05) is 5.02 Å². The van der Waals surface area contributed by atoms with Crippen LogP contribution in [0.25, 0.3) is 0 Å². The van der Waals surface area contributed by atoms with Crippen molar-refractivity contribution in [1.29, 1.82) is 5.26 Å². The van der Waals surface area contributed by atoms with E-state index in [-0.39, 0.29) is 4.90 Å². The number of nitrogens with zero attached hydrogens (tertiary/aromatic N) is 1. The van der Waals surface area contributed by atoms with E-state index in [1.165, 1.54) is 18.2 Å². The molecule has 0 heterocycles. The zero-order valence-electron chi connectivity index (χ0n) is 10.6. The van der Waals surface area contributed by atoms with Crippen molar-refractivity contribution in [2.75, 3.05) is 4.72 Å². The molecule has 4 nitrogen and oxygen atoms in total. The number of aryl methyl sites for hydroxylation is 1. The van der Waals surface area contributed by atoms with Gasteiger partial charge in [-0.3, -0.25) is 4.72 Å². The highest BCUT2D eigenvalue weighted by Gasteiger charge is 2.15. The molecule has 0 bridgehead atoms. The third-order valence-electron chi connectivity index (χ3n) is 2.70. The normalized spacial score (nSPS) is 10.8. The summed E-state index contributed by atoms with van der Waals surface area (Å²) in [5, 5.41) is 9.19. The smallest absolute Gasteiger partial charge is 0.261 e. The first kappa shape index (κ1) is 14.4. The molecular formula is C14H11ClN2O2S. The first-order valence-electron chi connectivity index (χ1n) is 5.71. The molecule has 2 aromatic rings. The van der Waals surface area contributed by atoms with Crippen molar-refractivity contribution in [3.63, 3.8) is 0 Å². The van der Waals surface area contributed by atoms with Crippen LogP contribution in [0.15, 0.2) is 47.4 Å². The number of nitrogens with one attached hydrogen (secondary N) is 1. The van der Waals surface area contributed by atoms with Crippen molar-refractivity contribution in [2.45, 2.75) is 11.8 Å². The zero-order chi connectivity index (χ0) is 14.8. The minimum Gasteiger partial charge on any atom is -0.280 e. The molecule has 0 unspecified atom stereocenters. The Morgan fingerprint density at radius 3 is 2.60 bits per heavy atom. The maximum absolute atomic E-state index is 12.2. The Balaban J connectivity index is 2.35. The summed E-state index contributed by atoms with van der Waals surface area (Å²) < 4.78 is 26.8. The van der Waals surface area contributed by atoms with Gasteiger partial charge in [0.05, 0.1) is 22.2 Å². The molecule has 0 spiro atoms. The second-order valence-electron chi connectivity index (χ2n) is 4.21. The van der Waals surface area contributed by atoms with Gasteiger partial charge in [-0.1, -0.05) is 23.7 Å². The average molecular weight is 307 g/mol. The monoisotopic (exact) mass is 306 g/mol. The summed E-state index contributed by atoms with van der Waals surface area (Å²) >= 11 is 5.94. The predicted molar refractivity (Wildman–Crippen MR) is 78.2 cm³/mol. The summed E-state index contributed by atoms with van der Waals surface area (Å²) in [7, 11) is -3.72. The quantitative estimate of drug-likeness (QED) is 0.945. The third-order valence-corrected chi connectivity index (χ3v) is 4.48. The van der Waals surface area contributed by atoms with Gasteiger partial charge in [-0.2, -0.15) is 5.26 Å². The number of rotatable bonds is 3. The topological polar surface area (TPSA) is 70.0 Å². The molecule has 0 fully saturated rings. The fraction of sp³-hybridized carbons (Fsp3) is 0.0714. The van der Waals surface area contributed by atoms with Gasteiger partial charge in [0.15, 0.2) is 0 Å². The Morgan fingerprint density at radius 2 is 1.95 bits per heavy atom. The second kappa shape index (κ2) is 5.53. The van der Waals surface area contributed by atoms with E-state index >= 15 is 0 Å². The number of sulfonamides is 1. The van der Waals surface area contributed by atoms with Gasteiger partial charge in [0.2, 0.25) is 0 Å². The summed E-state index contributed by atoms with van der Waals surface area (Å²) in [6.45, 7) is 1.79. The number of anilines is 1. The van der Waals surface area contributed by atoms with E-state index in [1.807, 2.05) is 6.07 Å². The minimum absolute atomic E-state index is 0.0791. The molecule has 0 aliphatic heterocycles. The van der Waals surface area contributed by atoms with E-state index < -0.39 is 10.0 Å². The molecular weight excluding hydrogens is 296 g/mol. The summed E-state index contributed by atoms with van der Waals surface area (Å²) in [6.07, 6.45) is 0. The number of halogens is 1. The van der Waals surface area contributed by atoms with Crippen molar-refractivity contribution >= 4 is 27.3 Å². The number of nitriles is 1. The van der Waals surface area contributed by atoms with Crippen LogP contribution in [0.2, 0.25) is 5.02 Å². The lowest BCUT2D eigenvalue weighted by Crippen LogP contribution is -2.13. The van der Waals surface area contributed by atoms with Crippen LogP contribution in [0, 0.1) is 18.3 Å². The van der Waals surface area contributed by atoms with Crippen LogP contribution in [0.4, 0.5) is 5.69 Å². The van der Waals surface area contributed by atoms with Crippen molar-refractivity contribution in [3.05, 3.63) is 58.6 Å². The lowest BCUT2D eigenvalue weighted by molar-refractivity contribution is 0.601. The highest BCUT2D eigenvalue weighted by Crippen LogP contribution is 2.22. The van der Waals surface area contributed by atoms with Gasteiger partial charge < -0.3 is 0 Å². The highest BCUT2D eigenvalue weighted by atomic mass is 35.5. The van der Waals surface area contributed by atoms with Crippen LogP contribution in [0.5, 0.6) is 0 Å². The highest BCUT2D eigenvalue weighted by molar-refractivity contribution is 7.92. The van der Waals surface area contributed by atoms with Crippen molar-refractivity contribution < 1.29 is 8.42 Å². The van der Waals surface area contributed by atoms with Crippen LogP contribution in [0.3, 0.4) is 0 Å². The first-order chi connectivity index (χ1) is 9.42. The Hall–Kier alpha value is -2.03. The third kappa shape index (κ3) is 3.10. The number of benzene rings is 2. The van der Waals surface area contributed by atoms with Crippen LogP contribution in [-0.4, -0.2) is 8.42 Å². The van der Waals surface area contributed by atoms with Gasteiger partial charge in [-0.25, -0.2) is 8.42 Å². The van der Waals surface area contributed by atoms with Crippen LogP contribution in [-0.2, 0) is 10.0 Å². The zero-order valence-corrected chi connectivity index (χ0v) is 12.2. The Kier molecular flexibility index (Phi) is 3.98. The molecule has 0 aliphatic rings. The maximum atomic E-state index is 12.2. The van der Waals surface area contributed by atoms with Gasteiger partial charge in [0.1, 0.15) is 0 Å². The summed E-state index contributed by atoms with van der Waals surface area (Å²) in [6, 6.07) is 12.7. The van der Waals surface area contributed by atoms with E-state index in [9.17, 15) is 8.42 Å². The lowest BCUT2D eigenvalue weighted by atomic mass is 10.2. The van der Waals surface area contributed by atoms with Crippen molar-refractivity contribution in [3.8, 4) is 6.07 Å². The molecule has 0 aliphatic carbocycles. The lowest BCUT2D eigenvalue weighted by Gasteiger charge is -2.09. The standard InChI is InChI=1S/C14H11ClN2O2S/c1-10-5-6-13(8-14(10)15)20(18,19)17-12-4-2-3-11(7-12)9-16/h2-8,17H,1H3. The Labute approximate surface area is 122 Å². The summed E-state index contributed by atoms with van der Waals surface area (Å²) in [5.41, 5.74) is 1.52. The predicted octanol–water partition coefficient (Wildman–Crippen LogP) is 3.32. The number of hydrogen-bond acceptors (Lipinski definition) is 3. The molecule has 0 amide bonds. The van der Waals surface area contributed by atoms with E-state index in [4.69, 9.17) is 16.9 Å². The summed E-state index contributed by atoms with van der Waals surface area (Å²) in [5.74, 6) is 0. The maximum Gasteiger partial charge on any atom is 0.261 e. The van der Waals surface area contributed by atoms with Gasteiger partial charge in [-0.15, -0.1) is 0 Å². The molecule has 2 aromatic carbocycles. The molecule has 0 saturated heterocycles. The van der Waals surface area contributed by atoms with E-state index in [0.29, 0.717) is 16.3 Å². The van der Waals surface area contributed by atoms with Gasteiger partial charge in [0.25, 0.3) is 10.0 Å². The Bertz CT molecular complexity index is 795. The molecule has 0 atom stereocenters. The van der Waals surface area contributed by atoms with Crippen LogP contribution >= 0.6 is 11.6 Å². The van der Waals surface area contributed by atoms with Crippen LogP contribution < -0.4 is 4.72 Å². The fourth-order valence-electron chi connectivity index (χ4n) is 1.61. The van der Waals surface area contributed by atoms with E-state index in [0.717, 1.165) is 5.56 Å². The van der Waals surface area contributed by atoms with Crippen molar-refractivity contribution in [1.82, 2.24) is 0 Å². The molecule has 0 radical (unpaired) electrons. The molecule has 102 valence electrons. The van der Waals surface area contributed by atoms with Crippen LogP contribution in [0.1, 0.15) is 11.1 Å². The first-order valence-corrected chi connectivity index (χ1v) is 7.57. The molecule has 0 aromatic heterocycles. The molecule has 6 heteroatoms. The molecule has 20 heavy (non-hydrogen) atoms. The van der Waals surface area contributed by atoms with Gasteiger partial charge >= 0.3 is 0 Å². The SMILES string of the molecule is Cc1ccc(S(=O)(=O)Nc2cccc(C#N)c2)cc1Cl.